The Morgan fingerprint density at radius 2 is 2.05 bits per heavy atom. The Balaban J connectivity index is 2.01. The largest absolute Gasteiger partial charge is 0.336 e. The van der Waals surface area contributed by atoms with Crippen molar-refractivity contribution in [2.75, 3.05) is 6.54 Å². The minimum absolute atomic E-state index is 0.241. The van der Waals surface area contributed by atoms with Gasteiger partial charge in [-0.2, -0.15) is 0 Å². The highest BCUT2D eigenvalue weighted by molar-refractivity contribution is 5.77. The number of nitrogens with zero attached hydrogens (tertiary/aromatic N) is 1. The van der Waals surface area contributed by atoms with Gasteiger partial charge in [-0.15, -0.1) is 0 Å². The van der Waals surface area contributed by atoms with Crippen molar-refractivity contribution in [2.45, 2.75) is 51.1 Å². The van der Waals surface area contributed by atoms with Gasteiger partial charge in [-0.25, -0.2) is 0 Å². The van der Waals surface area contributed by atoms with Crippen molar-refractivity contribution in [3.63, 3.8) is 0 Å². The lowest BCUT2D eigenvalue weighted by atomic mass is 9.99. The summed E-state index contributed by atoms with van der Waals surface area (Å²) < 4.78 is 0. The summed E-state index contributed by atoms with van der Waals surface area (Å²) >= 11 is 0. The first kappa shape index (κ1) is 14.1. The average Bonchev–Trinajstić information content (AvgIpc) is 2.85. The number of amides is 1. The molecule has 1 aromatic carbocycles. The van der Waals surface area contributed by atoms with Gasteiger partial charge >= 0.3 is 0 Å². The van der Waals surface area contributed by atoms with E-state index in [1.54, 1.807) is 0 Å². The Morgan fingerprint density at radius 3 is 2.68 bits per heavy atom. The summed E-state index contributed by atoms with van der Waals surface area (Å²) in [7, 11) is 0. The molecule has 1 saturated heterocycles. The molecule has 1 unspecified atom stereocenters. The average molecular weight is 260 g/mol. The number of carbonyl (C=O) groups excluding carboxylic acids is 1. The van der Waals surface area contributed by atoms with E-state index in [-0.39, 0.29) is 17.5 Å². The normalized spacial score (nSPS) is 19.7. The maximum absolute atomic E-state index is 12.3. The van der Waals surface area contributed by atoms with Gasteiger partial charge in [0.05, 0.1) is 6.04 Å². The zero-order chi connectivity index (χ0) is 13.9. The van der Waals surface area contributed by atoms with E-state index >= 15 is 0 Å². The van der Waals surface area contributed by atoms with Crippen molar-refractivity contribution in [1.82, 2.24) is 4.90 Å². The number of hydrogen-bond acceptors (Lipinski definition) is 2. The molecule has 1 aromatic rings. The van der Waals surface area contributed by atoms with Crippen molar-refractivity contribution < 1.29 is 4.79 Å². The molecule has 3 nitrogen and oxygen atoms in total. The van der Waals surface area contributed by atoms with Gasteiger partial charge in [0.15, 0.2) is 0 Å². The highest BCUT2D eigenvalue weighted by atomic mass is 16.2. The minimum Gasteiger partial charge on any atom is -0.336 e. The summed E-state index contributed by atoms with van der Waals surface area (Å²) in [6.07, 6.45) is 3.45. The van der Waals surface area contributed by atoms with Crippen LogP contribution in [0.25, 0.3) is 0 Å². The predicted octanol–water partition coefficient (Wildman–Crippen LogP) is 2.87. The third kappa shape index (κ3) is 3.80. The molecule has 0 radical (unpaired) electrons. The molecule has 3 heteroatoms. The zero-order valence-electron chi connectivity index (χ0n) is 11.9. The molecule has 1 fully saturated rings. The SMILES string of the molecule is CC(C)(N)CCC(=O)N1CCCC1c1ccccc1. The highest BCUT2D eigenvalue weighted by Crippen LogP contribution is 2.32. The highest BCUT2D eigenvalue weighted by Gasteiger charge is 2.30. The van der Waals surface area contributed by atoms with Crippen molar-refractivity contribution in [3.05, 3.63) is 35.9 Å². The first-order valence-corrected chi connectivity index (χ1v) is 7.11. The molecule has 2 rings (SSSR count). The number of rotatable bonds is 4. The van der Waals surface area contributed by atoms with E-state index in [1.165, 1.54) is 5.56 Å². The molecule has 2 N–H and O–H groups in total. The van der Waals surface area contributed by atoms with Crippen LogP contribution in [0.4, 0.5) is 0 Å². The van der Waals surface area contributed by atoms with E-state index in [1.807, 2.05) is 36.9 Å². The zero-order valence-corrected chi connectivity index (χ0v) is 11.9. The van der Waals surface area contributed by atoms with E-state index in [4.69, 9.17) is 5.73 Å². The van der Waals surface area contributed by atoms with Crippen LogP contribution < -0.4 is 5.73 Å². The van der Waals surface area contributed by atoms with Gasteiger partial charge in [-0.3, -0.25) is 4.79 Å². The maximum Gasteiger partial charge on any atom is 0.223 e. The molecule has 1 atom stereocenters. The van der Waals surface area contributed by atoms with Gasteiger partial charge < -0.3 is 10.6 Å². The fourth-order valence-corrected chi connectivity index (χ4v) is 2.66. The monoisotopic (exact) mass is 260 g/mol. The van der Waals surface area contributed by atoms with E-state index < -0.39 is 0 Å². The van der Waals surface area contributed by atoms with Crippen molar-refractivity contribution in [2.24, 2.45) is 5.73 Å². The molecule has 0 aromatic heterocycles. The summed E-state index contributed by atoms with van der Waals surface area (Å²) in [5.74, 6) is 0.241. The van der Waals surface area contributed by atoms with E-state index in [0.717, 1.165) is 25.8 Å². The van der Waals surface area contributed by atoms with Gasteiger partial charge in [0.2, 0.25) is 5.91 Å². The predicted molar refractivity (Wildman–Crippen MR) is 77.6 cm³/mol. The Labute approximate surface area is 115 Å². The summed E-state index contributed by atoms with van der Waals surface area (Å²) in [4.78, 5) is 14.4. The summed E-state index contributed by atoms with van der Waals surface area (Å²) in [5.41, 5.74) is 6.94. The summed E-state index contributed by atoms with van der Waals surface area (Å²) in [5, 5.41) is 0. The van der Waals surface area contributed by atoms with Crippen molar-refractivity contribution in [1.29, 1.82) is 0 Å². The quantitative estimate of drug-likeness (QED) is 0.904. The molecule has 0 spiro atoms. The van der Waals surface area contributed by atoms with Crippen LogP contribution in [0.3, 0.4) is 0 Å². The smallest absolute Gasteiger partial charge is 0.223 e. The van der Waals surface area contributed by atoms with Crippen LogP contribution in [0, 0.1) is 0 Å². The maximum atomic E-state index is 12.3. The van der Waals surface area contributed by atoms with Crippen LogP contribution in [0.5, 0.6) is 0 Å². The Morgan fingerprint density at radius 1 is 1.37 bits per heavy atom. The second-order valence-electron chi connectivity index (χ2n) is 6.14. The van der Waals surface area contributed by atoms with Crippen molar-refractivity contribution >= 4 is 5.91 Å². The molecule has 19 heavy (non-hydrogen) atoms. The first-order valence-electron chi connectivity index (χ1n) is 7.11. The molecule has 1 aliphatic heterocycles. The number of carbonyl (C=O) groups is 1. The molecule has 0 bridgehead atoms. The molecule has 1 heterocycles. The van der Waals surface area contributed by atoms with E-state index in [2.05, 4.69) is 12.1 Å². The molecule has 1 aliphatic rings. The minimum atomic E-state index is -0.266. The second kappa shape index (κ2) is 5.74. The number of nitrogens with two attached hydrogens (primary N) is 1. The number of hydrogen-bond donors (Lipinski definition) is 1. The summed E-state index contributed by atoms with van der Waals surface area (Å²) in [6.45, 7) is 4.82. The van der Waals surface area contributed by atoms with E-state index in [0.29, 0.717) is 6.42 Å². The van der Waals surface area contributed by atoms with Gasteiger partial charge in [0.25, 0.3) is 0 Å². The van der Waals surface area contributed by atoms with Gasteiger partial charge in [0.1, 0.15) is 0 Å². The molecular weight excluding hydrogens is 236 g/mol. The Bertz CT molecular complexity index is 422. The molecule has 0 saturated carbocycles. The van der Waals surface area contributed by atoms with Crippen molar-refractivity contribution in [3.8, 4) is 0 Å². The second-order valence-corrected chi connectivity index (χ2v) is 6.14. The topological polar surface area (TPSA) is 46.3 Å². The van der Waals surface area contributed by atoms with Crippen LogP contribution >= 0.6 is 0 Å². The fourth-order valence-electron chi connectivity index (χ4n) is 2.66. The molecule has 0 aliphatic carbocycles. The van der Waals surface area contributed by atoms with Gasteiger partial charge in [-0.1, -0.05) is 30.3 Å². The third-order valence-corrected chi connectivity index (χ3v) is 3.74. The standard InChI is InChI=1S/C16H24N2O/c1-16(2,17)11-10-15(19)18-12-6-9-14(18)13-7-4-3-5-8-13/h3-5,7-8,14H,6,9-12,17H2,1-2H3. The fraction of sp³-hybridized carbons (Fsp3) is 0.562. The van der Waals surface area contributed by atoms with Crippen LogP contribution in [-0.4, -0.2) is 22.9 Å². The van der Waals surface area contributed by atoms with Gasteiger partial charge in [-0.05, 0) is 38.7 Å². The molecule has 1 amide bonds. The Hall–Kier alpha value is -1.35. The lowest BCUT2D eigenvalue weighted by Gasteiger charge is -2.27. The lowest BCUT2D eigenvalue weighted by molar-refractivity contribution is -0.132. The third-order valence-electron chi connectivity index (χ3n) is 3.74. The van der Waals surface area contributed by atoms with E-state index in [9.17, 15) is 4.79 Å². The van der Waals surface area contributed by atoms with Crippen LogP contribution in [0.15, 0.2) is 30.3 Å². The first-order chi connectivity index (χ1) is 8.97. The molecular formula is C16H24N2O. The van der Waals surface area contributed by atoms with Gasteiger partial charge in [0, 0.05) is 18.5 Å². The number of likely N-dealkylation sites (tertiary alicyclic amines) is 1. The lowest BCUT2D eigenvalue weighted by Crippen LogP contribution is -2.36. The number of benzene rings is 1. The van der Waals surface area contributed by atoms with Crippen LogP contribution in [-0.2, 0) is 4.79 Å². The molecule has 104 valence electrons. The van der Waals surface area contributed by atoms with Crippen LogP contribution in [0.2, 0.25) is 0 Å². The Kier molecular flexibility index (Phi) is 4.25. The summed E-state index contributed by atoms with van der Waals surface area (Å²) in [6, 6.07) is 10.6. The van der Waals surface area contributed by atoms with Crippen LogP contribution in [0.1, 0.15) is 51.1 Å².